The predicted molar refractivity (Wildman–Crippen MR) is 85.6 cm³/mol. The molecule has 1 aliphatic rings. The first-order valence-electron chi connectivity index (χ1n) is 7.49. The minimum absolute atomic E-state index is 0.240. The van der Waals surface area contributed by atoms with E-state index in [1.807, 2.05) is 12.4 Å². The molecule has 0 saturated heterocycles. The SMILES string of the molecule is Cc1cc(C)c2c3c([nH]c2c1)C(c1ccncc1)NCC3. The zero-order valence-electron chi connectivity index (χ0n) is 12.4. The molecular weight excluding hydrogens is 258 g/mol. The van der Waals surface area contributed by atoms with Crippen molar-refractivity contribution >= 4 is 10.9 Å². The van der Waals surface area contributed by atoms with Crippen molar-refractivity contribution in [2.45, 2.75) is 26.3 Å². The van der Waals surface area contributed by atoms with Gasteiger partial charge in [-0.1, -0.05) is 6.07 Å². The number of H-pyrrole nitrogens is 1. The standard InChI is InChI=1S/C18H19N3/c1-11-9-12(2)16-14-5-8-20-17(13-3-6-19-7-4-13)18(14)21-15(16)10-11/h3-4,6-7,9-10,17,20-21H,5,8H2,1-2H3. The van der Waals surface area contributed by atoms with Crippen LogP contribution in [0, 0.1) is 13.8 Å². The molecule has 21 heavy (non-hydrogen) atoms. The summed E-state index contributed by atoms with van der Waals surface area (Å²) in [4.78, 5) is 7.79. The van der Waals surface area contributed by atoms with Gasteiger partial charge in [-0.2, -0.15) is 0 Å². The minimum Gasteiger partial charge on any atom is -0.357 e. The second-order valence-electron chi connectivity index (χ2n) is 5.94. The van der Waals surface area contributed by atoms with E-state index in [1.165, 1.54) is 38.9 Å². The lowest BCUT2D eigenvalue weighted by atomic mass is 9.93. The van der Waals surface area contributed by atoms with Crippen LogP contribution in [0.15, 0.2) is 36.7 Å². The Morgan fingerprint density at radius 2 is 1.95 bits per heavy atom. The highest BCUT2D eigenvalue weighted by Gasteiger charge is 2.25. The van der Waals surface area contributed by atoms with E-state index < -0.39 is 0 Å². The van der Waals surface area contributed by atoms with Crippen LogP contribution in [0.1, 0.15) is 34.0 Å². The van der Waals surface area contributed by atoms with E-state index >= 15 is 0 Å². The van der Waals surface area contributed by atoms with Crippen LogP contribution in [0.25, 0.3) is 10.9 Å². The number of fused-ring (bicyclic) bond motifs is 3. The fourth-order valence-corrected chi connectivity index (χ4v) is 3.61. The molecule has 2 aromatic heterocycles. The summed E-state index contributed by atoms with van der Waals surface area (Å²) in [5.41, 5.74) is 8.01. The van der Waals surface area contributed by atoms with Crippen LogP contribution < -0.4 is 5.32 Å². The molecule has 1 aliphatic heterocycles. The van der Waals surface area contributed by atoms with E-state index in [0.717, 1.165) is 13.0 Å². The Balaban J connectivity index is 1.95. The van der Waals surface area contributed by atoms with Gasteiger partial charge in [-0.05, 0) is 60.7 Å². The summed E-state index contributed by atoms with van der Waals surface area (Å²) in [6.45, 7) is 5.39. The highest BCUT2D eigenvalue weighted by Crippen LogP contribution is 2.35. The first kappa shape index (κ1) is 12.6. The van der Waals surface area contributed by atoms with Crippen molar-refractivity contribution < 1.29 is 0 Å². The fourth-order valence-electron chi connectivity index (χ4n) is 3.61. The van der Waals surface area contributed by atoms with Crippen molar-refractivity contribution in [1.29, 1.82) is 0 Å². The van der Waals surface area contributed by atoms with Crippen LogP contribution in [0.4, 0.5) is 0 Å². The van der Waals surface area contributed by atoms with Crippen LogP contribution in [0.5, 0.6) is 0 Å². The Morgan fingerprint density at radius 3 is 2.76 bits per heavy atom. The molecule has 106 valence electrons. The van der Waals surface area contributed by atoms with Gasteiger partial charge < -0.3 is 10.3 Å². The molecule has 0 aliphatic carbocycles. The molecular formula is C18H19N3. The Labute approximate surface area is 124 Å². The average Bonchev–Trinajstić information content (AvgIpc) is 2.86. The van der Waals surface area contributed by atoms with Gasteiger partial charge in [0, 0.05) is 35.5 Å². The lowest BCUT2D eigenvalue weighted by Gasteiger charge is -2.24. The van der Waals surface area contributed by atoms with Gasteiger partial charge in [-0.3, -0.25) is 4.98 Å². The number of hydrogen-bond donors (Lipinski definition) is 2. The molecule has 2 N–H and O–H groups in total. The van der Waals surface area contributed by atoms with Crippen LogP contribution in [0.3, 0.4) is 0 Å². The number of nitrogens with one attached hydrogen (secondary N) is 2. The van der Waals surface area contributed by atoms with Crippen molar-refractivity contribution in [2.75, 3.05) is 6.54 Å². The predicted octanol–water partition coefficient (Wildman–Crippen LogP) is 3.41. The number of aryl methyl sites for hydroxylation is 2. The molecule has 0 spiro atoms. The zero-order valence-corrected chi connectivity index (χ0v) is 12.4. The molecule has 4 rings (SSSR count). The minimum atomic E-state index is 0.240. The summed E-state index contributed by atoms with van der Waals surface area (Å²) < 4.78 is 0. The van der Waals surface area contributed by atoms with E-state index in [2.05, 4.69) is 53.4 Å². The van der Waals surface area contributed by atoms with Crippen LogP contribution >= 0.6 is 0 Å². The number of benzene rings is 1. The lowest BCUT2D eigenvalue weighted by Crippen LogP contribution is -2.30. The Bertz CT molecular complexity index is 802. The second kappa shape index (κ2) is 4.71. The Kier molecular flexibility index (Phi) is 2.82. The normalized spacial score (nSPS) is 17.9. The number of aromatic amines is 1. The maximum absolute atomic E-state index is 4.13. The molecule has 3 aromatic rings. The van der Waals surface area contributed by atoms with Crippen molar-refractivity contribution in [2.24, 2.45) is 0 Å². The summed E-state index contributed by atoms with van der Waals surface area (Å²) in [6.07, 6.45) is 4.81. The first-order valence-corrected chi connectivity index (χ1v) is 7.49. The molecule has 1 unspecified atom stereocenters. The summed E-state index contributed by atoms with van der Waals surface area (Å²) in [5, 5.41) is 5.04. The van der Waals surface area contributed by atoms with Gasteiger partial charge in [0.2, 0.25) is 0 Å². The third kappa shape index (κ3) is 1.96. The molecule has 0 bridgehead atoms. The summed E-state index contributed by atoms with van der Waals surface area (Å²) >= 11 is 0. The quantitative estimate of drug-likeness (QED) is 0.715. The van der Waals surface area contributed by atoms with Gasteiger partial charge in [0.25, 0.3) is 0 Å². The number of nitrogens with zero attached hydrogens (tertiary/aromatic N) is 1. The van der Waals surface area contributed by atoms with Crippen LogP contribution in [0.2, 0.25) is 0 Å². The fraction of sp³-hybridized carbons (Fsp3) is 0.278. The monoisotopic (exact) mass is 277 g/mol. The smallest absolute Gasteiger partial charge is 0.0733 e. The molecule has 3 heterocycles. The second-order valence-corrected chi connectivity index (χ2v) is 5.94. The first-order chi connectivity index (χ1) is 10.2. The maximum atomic E-state index is 4.13. The van der Waals surface area contributed by atoms with Gasteiger partial charge in [0.05, 0.1) is 6.04 Å². The highest BCUT2D eigenvalue weighted by molar-refractivity contribution is 5.89. The van der Waals surface area contributed by atoms with E-state index in [9.17, 15) is 0 Å². The van der Waals surface area contributed by atoms with Crippen molar-refractivity contribution in [3.05, 3.63) is 64.6 Å². The van der Waals surface area contributed by atoms with Crippen molar-refractivity contribution in [3.8, 4) is 0 Å². The van der Waals surface area contributed by atoms with Gasteiger partial charge in [-0.15, -0.1) is 0 Å². The van der Waals surface area contributed by atoms with Gasteiger partial charge in [-0.25, -0.2) is 0 Å². The van der Waals surface area contributed by atoms with Crippen LogP contribution in [-0.2, 0) is 6.42 Å². The number of aromatic nitrogens is 2. The molecule has 0 amide bonds. The molecule has 0 fully saturated rings. The van der Waals surface area contributed by atoms with E-state index in [4.69, 9.17) is 0 Å². The third-order valence-electron chi connectivity index (χ3n) is 4.43. The third-order valence-corrected chi connectivity index (χ3v) is 4.43. The van der Waals surface area contributed by atoms with Gasteiger partial charge in [0.15, 0.2) is 0 Å². The van der Waals surface area contributed by atoms with Gasteiger partial charge in [0.1, 0.15) is 0 Å². The summed E-state index contributed by atoms with van der Waals surface area (Å²) in [5.74, 6) is 0. The topological polar surface area (TPSA) is 40.7 Å². The summed E-state index contributed by atoms with van der Waals surface area (Å²) in [7, 11) is 0. The molecule has 3 nitrogen and oxygen atoms in total. The van der Waals surface area contributed by atoms with Crippen molar-refractivity contribution in [3.63, 3.8) is 0 Å². The highest BCUT2D eigenvalue weighted by atomic mass is 15.0. The van der Waals surface area contributed by atoms with E-state index in [1.54, 1.807) is 0 Å². The van der Waals surface area contributed by atoms with E-state index in [-0.39, 0.29) is 6.04 Å². The molecule has 3 heteroatoms. The molecule has 1 aromatic carbocycles. The number of pyridine rings is 1. The largest absolute Gasteiger partial charge is 0.357 e. The lowest BCUT2D eigenvalue weighted by molar-refractivity contribution is 0.560. The number of rotatable bonds is 1. The van der Waals surface area contributed by atoms with Gasteiger partial charge >= 0.3 is 0 Å². The Hall–Kier alpha value is -2.13. The average molecular weight is 277 g/mol. The summed E-state index contributed by atoms with van der Waals surface area (Å²) in [6, 6.07) is 8.96. The molecule has 0 saturated carbocycles. The Morgan fingerprint density at radius 1 is 1.14 bits per heavy atom. The molecule has 0 radical (unpaired) electrons. The maximum Gasteiger partial charge on any atom is 0.0733 e. The molecule has 1 atom stereocenters. The zero-order chi connectivity index (χ0) is 14.4. The van der Waals surface area contributed by atoms with Crippen LogP contribution in [-0.4, -0.2) is 16.5 Å². The van der Waals surface area contributed by atoms with Crippen molar-refractivity contribution in [1.82, 2.24) is 15.3 Å². The van der Waals surface area contributed by atoms with E-state index in [0.29, 0.717) is 0 Å². The number of hydrogen-bond acceptors (Lipinski definition) is 2.